The molecule has 0 amide bonds. The number of hydrogen-bond acceptors (Lipinski definition) is 2. The molecule has 0 atom stereocenters. The second-order valence-electron chi connectivity index (χ2n) is 3.39. The Kier molecular flexibility index (Phi) is 3.67. The van der Waals surface area contributed by atoms with Crippen molar-refractivity contribution in [3.05, 3.63) is 63.9 Å². The fraction of sp³-hybridized carbons (Fsp3) is 0. The predicted octanol–water partition coefficient (Wildman–Crippen LogP) is 4.44. The van der Waals surface area contributed by atoms with Crippen LogP contribution in [0.15, 0.2) is 42.6 Å². The lowest BCUT2D eigenvalue weighted by molar-refractivity contribution is 0.515. The van der Waals surface area contributed by atoms with E-state index >= 15 is 0 Å². The molecule has 86 valence electrons. The molecule has 0 saturated carbocycles. The molecule has 0 fully saturated rings. The Balaban J connectivity index is 2.41. The van der Waals surface area contributed by atoms with Crippen molar-refractivity contribution in [2.24, 2.45) is 0 Å². The second kappa shape index (κ2) is 5.21. The molecule has 0 aliphatic carbocycles. The largest absolute Gasteiger partial charge is 0.507 e. The number of aromatic nitrogens is 1. The summed E-state index contributed by atoms with van der Waals surface area (Å²) in [4.78, 5) is 4.08. The summed E-state index contributed by atoms with van der Waals surface area (Å²) in [5.74, 6) is 0.0381. The minimum Gasteiger partial charge on any atom is -0.507 e. The van der Waals surface area contributed by atoms with Gasteiger partial charge in [0.05, 0.1) is 15.7 Å². The molecular weight excluding hydrogens is 257 g/mol. The predicted molar refractivity (Wildman–Crippen MR) is 71.2 cm³/mol. The van der Waals surface area contributed by atoms with Crippen LogP contribution in [-0.4, -0.2) is 10.1 Å². The van der Waals surface area contributed by atoms with Gasteiger partial charge in [0.2, 0.25) is 0 Å². The highest BCUT2D eigenvalue weighted by Crippen LogP contribution is 2.30. The van der Waals surface area contributed by atoms with Crippen LogP contribution in [0.5, 0.6) is 0 Å². The zero-order valence-electron chi connectivity index (χ0n) is 8.77. The molecule has 0 aliphatic heterocycles. The number of benzene rings is 1. The minimum absolute atomic E-state index is 0.0381. The van der Waals surface area contributed by atoms with Gasteiger partial charge in [-0.1, -0.05) is 35.3 Å². The molecular formula is C13H9Cl2NO. The Hall–Kier alpha value is -1.51. The average molecular weight is 266 g/mol. The van der Waals surface area contributed by atoms with E-state index in [4.69, 9.17) is 23.2 Å². The summed E-state index contributed by atoms with van der Waals surface area (Å²) in [5, 5.41) is 10.7. The summed E-state index contributed by atoms with van der Waals surface area (Å²) >= 11 is 11.9. The molecule has 17 heavy (non-hydrogen) atoms. The highest BCUT2D eigenvalue weighted by atomic mass is 35.5. The van der Waals surface area contributed by atoms with Gasteiger partial charge in [-0.3, -0.25) is 4.98 Å². The summed E-state index contributed by atoms with van der Waals surface area (Å²) in [6.45, 7) is 0. The highest BCUT2D eigenvalue weighted by Gasteiger charge is 2.08. The molecule has 0 aliphatic rings. The third-order valence-electron chi connectivity index (χ3n) is 2.20. The van der Waals surface area contributed by atoms with Crippen LogP contribution in [0.3, 0.4) is 0 Å². The first-order chi connectivity index (χ1) is 8.18. The molecule has 2 rings (SSSR count). The first kappa shape index (κ1) is 12.0. The molecule has 2 nitrogen and oxygen atoms in total. The van der Waals surface area contributed by atoms with E-state index in [1.165, 1.54) is 6.08 Å². The van der Waals surface area contributed by atoms with Crippen molar-refractivity contribution in [2.75, 3.05) is 0 Å². The number of aliphatic hydroxyl groups is 1. The Labute approximate surface area is 109 Å². The lowest BCUT2D eigenvalue weighted by atomic mass is 10.1. The maximum Gasteiger partial charge on any atom is 0.126 e. The molecule has 0 spiro atoms. The molecule has 2 aromatic rings. The van der Waals surface area contributed by atoms with E-state index in [1.54, 1.807) is 36.5 Å². The van der Waals surface area contributed by atoms with Gasteiger partial charge in [-0.05, 0) is 24.3 Å². The van der Waals surface area contributed by atoms with Crippen LogP contribution in [0, 0.1) is 0 Å². The van der Waals surface area contributed by atoms with Crippen LogP contribution >= 0.6 is 23.2 Å². The van der Waals surface area contributed by atoms with Crippen molar-refractivity contribution in [2.45, 2.75) is 0 Å². The van der Waals surface area contributed by atoms with Crippen LogP contribution in [0.1, 0.15) is 11.3 Å². The van der Waals surface area contributed by atoms with Gasteiger partial charge in [-0.2, -0.15) is 0 Å². The minimum atomic E-state index is 0.0381. The third-order valence-corrected chi connectivity index (χ3v) is 3.02. The van der Waals surface area contributed by atoms with Crippen molar-refractivity contribution < 1.29 is 5.11 Å². The molecule has 0 unspecified atom stereocenters. The van der Waals surface area contributed by atoms with Crippen LogP contribution < -0.4 is 0 Å². The van der Waals surface area contributed by atoms with Crippen molar-refractivity contribution in [3.8, 4) is 0 Å². The topological polar surface area (TPSA) is 33.1 Å². The molecule has 4 heteroatoms. The van der Waals surface area contributed by atoms with Crippen molar-refractivity contribution in [3.63, 3.8) is 0 Å². The van der Waals surface area contributed by atoms with Gasteiger partial charge in [-0.15, -0.1) is 0 Å². The van der Waals surface area contributed by atoms with Crippen molar-refractivity contribution in [1.82, 2.24) is 4.98 Å². The Bertz CT molecular complexity index is 553. The van der Waals surface area contributed by atoms with Crippen molar-refractivity contribution >= 4 is 35.0 Å². The van der Waals surface area contributed by atoms with E-state index in [1.807, 2.05) is 6.07 Å². The van der Waals surface area contributed by atoms with Crippen LogP contribution in [0.4, 0.5) is 0 Å². The molecule has 1 aromatic carbocycles. The number of pyridine rings is 1. The number of aliphatic hydroxyl groups excluding tert-OH is 1. The molecule has 0 bridgehead atoms. The number of halogens is 2. The SMILES string of the molecule is O/C(=C\c1ccccn1)c1cccc(Cl)c1Cl. The lowest BCUT2D eigenvalue weighted by Crippen LogP contribution is -1.87. The smallest absolute Gasteiger partial charge is 0.126 e. The van der Waals surface area contributed by atoms with Gasteiger partial charge >= 0.3 is 0 Å². The Morgan fingerprint density at radius 1 is 1.12 bits per heavy atom. The van der Waals surface area contributed by atoms with Crippen LogP contribution in [0.25, 0.3) is 11.8 Å². The van der Waals surface area contributed by atoms with Crippen LogP contribution in [0.2, 0.25) is 10.0 Å². The van der Waals surface area contributed by atoms with Gasteiger partial charge in [0.25, 0.3) is 0 Å². The quantitative estimate of drug-likeness (QED) is 0.815. The van der Waals surface area contributed by atoms with Crippen LogP contribution in [-0.2, 0) is 0 Å². The summed E-state index contributed by atoms with van der Waals surface area (Å²) in [6.07, 6.45) is 3.19. The summed E-state index contributed by atoms with van der Waals surface area (Å²) in [5.41, 5.74) is 1.14. The monoisotopic (exact) mass is 265 g/mol. The molecule has 1 heterocycles. The van der Waals surface area contributed by atoms with E-state index in [9.17, 15) is 5.11 Å². The summed E-state index contributed by atoms with van der Waals surface area (Å²) in [7, 11) is 0. The van der Waals surface area contributed by atoms with Gasteiger partial charge in [0.1, 0.15) is 5.76 Å². The first-order valence-electron chi connectivity index (χ1n) is 4.94. The van der Waals surface area contributed by atoms with E-state index in [2.05, 4.69) is 4.98 Å². The molecule has 1 aromatic heterocycles. The molecule has 0 radical (unpaired) electrons. The summed E-state index contributed by atoms with van der Waals surface area (Å²) in [6, 6.07) is 10.5. The molecule has 1 N–H and O–H groups in total. The van der Waals surface area contributed by atoms with E-state index in [0.717, 1.165) is 0 Å². The third kappa shape index (κ3) is 2.78. The van der Waals surface area contributed by atoms with Crippen molar-refractivity contribution in [1.29, 1.82) is 0 Å². The molecule has 0 saturated heterocycles. The van der Waals surface area contributed by atoms with E-state index < -0.39 is 0 Å². The number of hydrogen-bond donors (Lipinski definition) is 1. The van der Waals surface area contributed by atoms with E-state index in [0.29, 0.717) is 21.3 Å². The Morgan fingerprint density at radius 2 is 1.94 bits per heavy atom. The lowest BCUT2D eigenvalue weighted by Gasteiger charge is -2.04. The second-order valence-corrected chi connectivity index (χ2v) is 4.17. The first-order valence-corrected chi connectivity index (χ1v) is 5.70. The maximum atomic E-state index is 9.96. The van der Waals surface area contributed by atoms with Gasteiger partial charge < -0.3 is 5.11 Å². The zero-order valence-corrected chi connectivity index (χ0v) is 10.3. The normalized spacial score (nSPS) is 11.5. The van der Waals surface area contributed by atoms with E-state index in [-0.39, 0.29) is 5.76 Å². The fourth-order valence-corrected chi connectivity index (χ4v) is 1.78. The maximum absolute atomic E-state index is 9.96. The fourth-order valence-electron chi connectivity index (χ4n) is 1.38. The number of nitrogens with zero attached hydrogens (tertiary/aromatic N) is 1. The van der Waals surface area contributed by atoms with Gasteiger partial charge in [0, 0.05) is 17.8 Å². The summed E-state index contributed by atoms with van der Waals surface area (Å²) < 4.78 is 0. The van der Waals surface area contributed by atoms with Gasteiger partial charge in [-0.25, -0.2) is 0 Å². The Morgan fingerprint density at radius 3 is 2.65 bits per heavy atom. The standard InChI is InChI=1S/C13H9Cl2NO/c14-11-6-3-5-10(13(11)15)12(17)8-9-4-1-2-7-16-9/h1-8,17H/b12-8-. The highest BCUT2D eigenvalue weighted by molar-refractivity contribution is 6.43. The van der Waals surface area contributed by atoms with Gasteiger partial charge in [0.15, 0.2) is 0 Å². The average Bonchev–Trinajstić information content (AvgIpc) is 2.34. The zero-order chi connectivity index (χ0) is 12.3. The number of rotatable bonds is 2.